The molecule has 5 unspecified atom stereocenters. The number of ether oxygens (including phenoxy) is 5. The molecule has 0 radical (unpaired) electrons. The van der Waals surface area contributed by atoms with E-state index in [0.29, 0.717) is 64.8 Å². The number of unbranched alkanes of at least 4 members (excludes halogenated alkanes) is 35. The highest BCUT2D eigenvalue weighted by Gasteiger charge is 2.39. The minimum Gasteiger partial charge on any atom is -0.463 e. The monoisotopic (exact) mass is 1560 g/mol. The Morgan fingerprint density at radius 2 is 0.345 bits per heavy atom. The number of rotatable bonds is 55. The van der Waals surface area contributed by atoms with Crippen LogP contribution in [0.2, 0.25) is 0 Å². The number of carbonyl (C=O) groups is 10. The molecule has 0 saturated carbocycles. The van der Waals surface area contributed by atoms with E-state index >= 15 is 0 Å². The molecule has 5 heterocycles. The SMILES string of the molecule is CCCCCCCCCCCCN1CC(C(=O)OC(C)C)CC1=O.CCCCCCCCCCCN1CC(C(=O)OC(C)C)CC1=O.CCCCCCCCCCN1CC(C(=O)OC(C)C)CC1=O.CCCCCCCCCN1CC(C(=O)OC(C)C)CC1=O.CCCCCCCCN1CC(C(=O)OC(C)C)CC1=O. The summed E-state index contributed by atoms with van der Waals surface area (Å²) >= 11 is 0. The van der Waals surface area contributed by atoms with E-state index in [4.69, 9.17) is 23.7 Å². The standard InChI is InChI=1S/C20H37NO3.C19H35NO3.C18H33NO3.C17H31NO3.C16H29NO3/c1-4-5-6-7-8-9-10-11-12-13-14-21-16-18(15-19(21)22)20(23)24-17(2)3;1-4-5-6-7-8-9-10-11-12-13-20-15-17(14-18(20)21)19(22)23-16(2)3;1-4-5-6-7-8-9-10-11-12-19-14-16(13-17(19)20)18(21)22-15(2)3;1-4-5-6-7-8-9-10-11-18-13-15(12-16(18)19)17(20)21-14(2)3;1-4-5-6-7-8-9-10-17-12-14(11-15(17)18)16(19)20-13(2)3/h17-18H,4-16H2,1-3H3;16-17H,4-15H2,1-3H3;15-16H,4-14H2,1-3H3;14-15H,4-13H2,1-3H3;13-14H,4-12H2,1-3H3. The molecule has 5 aliphatic heterocycles. The molecule has 20 nitrogen and oxygen atoms in total. The maximum atomic E-state index is 12.0. The minimum absolute atomic E-state index is 0.101. The zero-order valence-electron chi connectivity index (χ0n) is 73.0. The van der Waals surface area contributed by atoms with E-state index < -0.39 is 0 Å². The van der Waals surface area contributed by atoms with Crippen molar-refractivity contribution in [3.8, 4) is 0 Å². The third-order valence-electron chi connectivity index (χ3n) is 20.9. The van der Waals surface area contributed by atoms with Crippen molar-refractivity contribution in [2.24, 2.45) is 29.6 Å². The highest BCUT2D eigenvalue weighted by Crippen LogP contribution is 2.27. The van der Waals surface area contributed by atoms with Crippen LogP contribution in [0.3, 0.4) is 0 Å². The summed E-state index contributed by atoms with van der Waals surface area (Å²) in [6.07, 6.45) is 51.6. The van der Waals surface area contributed by atoms with Crippen molar-refractivity contribution in [1.29, 1.82) is 0 Å². The van der Waals surface area contributed by atoms with Gasteiger partial charge in [0.05, 0.1) is 60.1 Å². The van der Waals surface area contributed by atoms with E-state index in [1.165, 1.54) is 225 Å². The molecule has 0 spiro atoms. The first-order valence-corrected chi connectivity index (χ1v) is 45.1. The molecule has 110 heavy (non-hydrogen) atoms. The summed E-state index contributed by atoms with van der Waals surface area (Å²) in [5.41, 5.74) is 0. The number of esters is 5. The Morgan fingerprint density at radius 1 is 0.227 bits per heavy atom. The van der Waals surface area contributed by atoms with Crippen LogP contribution in [-0.4, -0.2) is 180 Å². The van der Waals surface area contributed by atoms with E-state index in [9.17, 15) is 47.9 Å². The first-order valence-electron chi connectivity index (χ1n) is 45.1. The van der Waals surface area contributed by atoms with Crippen LogP contribution >= 0.6 is 0 Å². The topological polar surface area (TPSA) is 233 Å². The summed E-state index contributed by atoms with van der Waals surface area (Å²) in [5.74, 6) is -1.88. The largest absolute Gasteiger partial charge is 0.463 e. The van der Waals surface area contributed by atoms with Crippen molar-refractivity contribution in [2.45, 2.75) is 423 Å². The zero-order valence-corrected chi connectivity index (χ0v) is 73.0. The summed E-state index contributed by atoms with van der Waals surface area (Å²) in [5, 5.41) is 0. The summed E-state index contributed by atoms with van der Waals surface area (Å²) < 4.78 is 26.0. The van der Waals surface area contributed by atoms with Crippen molar-refractivity contribution in [3.05, 3.63) is 0 Å². The average molecular weight is 1560 g/mol. The van der Waals surface area contributed by atoms with Crippen LogP contribution in [0.5, 0.6) is 0 Å². The fraction of sp³-hybridized carbons (Fsp3) is 0.889. The maximum absolute atomic E-state index is 12.0. The highest BCUT2D eigenvalue weighted by molar-refractivity contribution is 5.89. The molecule has 0 aromatic rings. The normalized spacial score (nSPS) is 18.3. The first-order chi connectivity index (χ1) is 52.7. The van der Waals surface area contributed by atoms with Gasteiger partial charge in [0.15, 0.2) is 0 Å². The second-order valence-corrected chi connectivity index (χ2v) is 33.5. The summed E-state index contributed by atoms with van der Waals surface area (Å²) in [4.78, 5) is 128. The summed E-state index contributed by atoms with van der Waals surface area (Å²) in [7, 11) is 0. The minimum atomic E-state index is -0.261. The molecule has 5 atom stereocenters. The van der Waals surface area contributed by atoms with E-state index in [-0.39, 0.29) is 119 Å². The van der Waals surface area contributed by atoms with Crippen LogP contribution in [-0.2, 0) is 71.6 Å². The molecular weight excluding hydrogens is 1390 g/mol. The molecule has 0 bridgehead atoms. The van der Waals surface area contributed by atoms with Gasteiger partial charge in [0.2, 0.25) is 29.5 Å². The fourth-order valence-electron chi connectivity index (χ4n) is 14.6. The van der Waals surface area contributed by atoms with Gasteiger partial charge >= 0.3 is 29.8 Å². The van der Waals surface area contributed by atoms with Gasteiger partial charge in [0, 0.05) is 97.6 Å². The first kappa shape index (κ1) is 103. The van der Waals surface area contributed by atoms with Crippen LogP contribution in [0.4, 0.5) is 0 Å². The summed E-state index contributed by atoms with van der Waals surface area (Å²) in [6.45, 7) is 36.2. The van der Waals surface area contributed by atoms with Gasteiger partial charge in [-0.3, -0.25) is 47.9 Å². The van der Waals surface area contributed by atoms with Gasteiger partial charge in [0.1, 0.15) is 0 Å². The molecule has 20 heteroatoms. The van der Waals surface area contributed by atoms with Gasteiger partial charge in [-0.2, -0.15) is 0 Å². The number of carbonyl (C=O) groups excluding carboxylic acids is 10. The van der Waals surface area contributed by atoms with Crippen molar-refractivity contribution in [3.63, 3.8) is 0 Å². The Morgan fingerprint density at radius 3 is 0.464 bits per heavy atom. The van der Waals surface area contributed by atoms with Crippen LogP contribution in [0.1, 0.15) is 393 Å². The number of likely N-dealkylation sites (tertiary alicyclic amines) is 5. The highest BCUT2D eigenvalue weighted by atomic mass is 16.6. The maximum Gasteiger partial charge on any atom is 0.311 e. The number of nitrogens with zero attached hydrogens (tertiary/aromatic N) is 5. The Hall–Kier alpha value is -5.30. The third-order valence-corrected chi connectivity index (χ3v) is 20.9. The summed E-state index contributed by atoms with van der Waals surface area (Å²) in [6, 6.07) is 0. The van der Waals surface area contributed by atoms with E-state index in [2.05, 4.69) is 34.6 Å². The number of hydrogen-bond donors (Lipinski definition) is 0. The molecule has 5 aliphatic rings. The fourth-order valence-corrected chi connectivity index (χ4v) is 14.6. The quantitative estimate of drug-likeness (QED) is 0.0313. The zero-order chi connectivity index (χ0) is 81.9. The Kier molecular flexibility index (Phi) is 60.7. The second-order valence-electron chi connectivity index (χ2n) is 33.5. The molecule has 0 N–H and O–H groups in total. The van der Waals surface area contributed by atoms with Gasteiger partial charge in [-0.15, -0.1) is 0 Å². The third kappa shape index (κ3) is 50.7. The lowest BCUT2D eigenvalue weighted by molar-refractivity contribution is -0.153. The van der Waals surface area contributed by atoms with Crippen molar-refractivity contribution in [2.75, 3.05) is 65.4 Å². The number of hydrogen-bond acceptors (Lipinski definition) is 15. The molecule has 5 amide bonds. The van der Waals surface area contributed by atoms with Crippen LogP contribution in [0.15, 0.2) is 0 Å². The van der Waals surface area contributed by atoms with Crippen LogP contribution < -0.4 is 0 Å². The smallest absolute Gasteiger partial charge is 0.311 e. The molecular formula is C90H165N5O15. The van der Waals surface area contributed by atoms with Crippen LogP contribution in [0.25, 0.3) is 0 Å². The van der Waals surface area contributed by atoms with Gasteiger partial charge < -0.3 is 48.2 Å². The van der Waals surface area contributed by atoms with Crippen molar-refractivity contribution < 1.29 is 71.6 Å². The number of amides is 5. The van der Waals surface area contributed by atoms with Gasteiger partial charge in [-0.05, 0) is 101 Å². The lowest BCUT2D eigenvalue weighted by atomic mass is 10.1. The van der Waals surface area contributed by atoms with E-state index in [0.717, 1.165) is 64.8 Å². The predicted octanol–water partition coefficient (Wildman–Crippen LogP) is 19.6. The lowest BCUT2D eigenvalue weighted by Crippen LogP contribution is -2.28. The van der Waals surface area contributed by atoms with E-state index in [1.807, 2.05) is 93.7 Å². The lowest BCUT2D eigenvalue weighted by Gasteiger charge is -2.16. The van der Waals surface area contributed by atoms with Crippen molar-refractivity contribution >= 4 is 59.4 Å². The Balaban J connectivity index is 0.000000688. The van der Waals surface area contributed by atoms with Crippen LogP contribution in [0, 0.1) is 29.6 Å². The molecule has 0 aromatic carbocycles. The molecule has 5 fully saturated rings. The molecule has 640 valence electrons. The van der Waals surface area contributed by atoms with Gasteiger partial charge in [-0.25, -0.2) is 0 Å². The Bertz CT molecular complexity index is 2470. The average Bonchev–Trinajstić information content (AvgIpc) is 1.75. The molecule has 5 rings (SSSR count). The van der Waals surface area contributed by atoms with Gasteiger partial charge in [0.25, 0.3) is 0 Å². The predicted molar refractivity (Wildman–Crippen MR) is 443 cm³/mol. The molecule has 0 aliphatic carbocycles. The Labute approximate surface area is 670 Å². The second kappa shape index (κ2) is 65.0. The van der Waals surface area contributed by atoms with Crippen molar-refractivity contribution in [1.82, 2.24) is 24.5 Å². The molecule has 0 aromatic heterocycles. The molecule has 5 saturated heterocycles. The van der Waals surface area contributed by atoms with Gasteiger partial charge in [-0.1, -0.05) is 259 Å². The van der Waals surface area contributed by atoms with E-state index in [1.54, 1.807) is 0 Å².